The van der Waals surface area contributed by atoms with Crippen LogP contribution in [-0.4, -0.2) is 28.9 Å². The van der Waals surface area contributed by atoms with Crippen LogP contribution >= 0.6 is 11.3 Å². The van der Waals surface area contributed by atoms with Gasteiger partial charge in [-0.1, -0.05) is 0 Å². The minimum Gasteiger partial charge on any atom is -0.343 e. The lowest BCUT2D eigenvalue weighted by Crippen LogP contribution is -2.30. The Morgan fingerprint density at radius 2 is 1.94 bits per heavy atom. The van der Waals surface area contributed by atoms with Crippen LogP contribution in [0.2, 0.25) is 0 Å². The summed E-state index contributed by atoms with van der Waals surface area (Å²) < 4.78 is 0. The first-order valence-corrected chi connectivity index (χ1v) is 6.60. The van der Waals surface area contributed by atoms with Crippen LogP contribution in [0.4, 0.5) is 0 Å². The molecule has 1 amide bonds. The maximum absolute atomic E-state index is 11.8. The Morgan fingerprint density at radius 1 is 1.31 bits per heavy atom. The van der Waals surface area contributed by atoms with E-state index in [9.17, 15) is 4.79 Å². The smallest absolute Gasteiger partial charge is 0.222 e. The number of hydrogen-bond donors (Lipinski definition) is 0. The molecule has 90 valence electrons. The highest BCUT2D eigenvalue weighted by Crippen LogP contribution is 2.19. The first-order valence-electron chi connectivity index (χ1n) is 5.79. The second-order valence-corrected chi connectivity index (χ2v) is 5.10. The number of carbonyl (C=O) groups is 1. The largest absolute Gasteiger partial charge is 0.343 e. The van der Waals surface area contributed by atoms with Gasteiger partial charge in [0.2, 0.25) is 5.91 Å². The third-order valence-corrected chi connectivity index (χ3v) is 3.81. The van der Waals surface area contributed by atoms with Crippen molar-refractivity contribution in [1.29, 1.82) is 0 Å². The van der Waals surface area contributed by atoms with Gasteiger partial charge in [-0.3, -0.25) is 4.79 Å². The second kappa shape index (κ2) is 5.99. The lowest BCUT2D eigenvalue weighted by Gasteiger charge is -2.18. The van der Waals surface area contributed by atoms with Gasteiger partial charge in [-0.05, 0) is 34.1 Å². The van der Waals surface area contributed by atoms with Crippen LogP contribution in [0.25, 0.3) is 0 Å². The third-order valence-electron chi connectivity index (χ3n) is 2.68. The molecule has 3 nitrogen and oxygen atoms in total. The normalized spacial score (nSPS) is 10.5. The monoisotopic (exact) mass is 240 g/mol. The lowest BCUT2D eigenvalue weighted by atomic mass is 10.2. The molecule has 0 aliphatic rings. The molecule has 16 heavy (non-hydrogen) atoms. The number of nitrogens with zero attached hydrogens (tertiary/aromatic N) is 2. The number of carbonyl (C=O) groups excluding carboxylic acids is 1. The first kappa shape index (κ1) is 13.2. The van der Waals surface area contributed by atoms with Crippen molar-refractivity contribution in [2.45, 2.75) is 40.5 Å². The SMILES string of the molecule is CCN(CC)C(=O)CCc1sc(C)nc1C. The summed E-state index contributed by atoms with van der Waals surface area (Å²) in [5.41, 5.74) is 1.08. The van der Waals surface area contributed by atoms with E-state index in [2.05, 4.69) is 4.98 Å². The van der Waals surface area contributed by atoms with Gasteiger partial charge >= 0.3 is 0 Å². The van der Waals surface area contributed by atoms with E-state index in [0.29, 0.717) is 6.42 Å². The summed E-state index contributed by atoms with van der Waals surface area (Å²) in [6.45, 7) is 9.66. The standard InChI is InChI=1S/C12H20N2OS/c1-5-14(6-2)12(15)8-7-11-9(3)13-10(4)16-11/h5-8H2,1-4H3. The van der Waals surface area contributed by atoms with E-state index in [4.69, 9.17) is 0 Å². The molecule has 0 aliphatic heterocycles. The first-order chi connectivity index (χ1) is 7.58. The van der Waals surface area contributed by atoms with Gasteiger partial charge in [0.05, 0.1) is 10.7 Å². The van der Waals surface area contributed by atoms with Gasteiger partial charge in [0, 0.05) is 24.4 Å². The highest BCUT2D eigenvalue weighted by molar-refractivity contribution is 7.11. The van der Waals surface area contributed by atoms with E-state index < -0.39 is 0 Å². The van der Waals surface area contributed by atoms with Crippen molar-refractivity contribution >= 4 is 17.2 Å². The van der Waals surface area contributed by atoms with Crippen molar-refractivity contribution in [3.05, 3.63) is 15.6 Å². The van der Waals surface area contributed by atoms with Crippen LogP contribution in [0.5, 0.6) is 0 Å². The number of hydrogen-bond acceptors (Lipinski definition) is 3. The predicted octanol–water partition coefficient (Wildman–Crippen LogP) is 2.56. The molecule has 0 fully saturated rings. The number of thiazole rings is 1. The Kier molecular flexibility index (Phi) is 4.93. The van der Waals surface area contributed by atoms with Gasteiger partial charge < -0.3 is 4.90 Å². The average Bonchev–Trinajstić information content (AvgIpc) is 2.56. The van der Waals surface area contributed by atoms with Gasteiger partial charge in [-0.15, -0.1) is 11.3 Å². The van der Waals surface area contributed by atoms with Gasteiger partial charge in [0.15, 0.2) is 0 Å². The molecule has 1 aromatic rings. The van der Waals surface area contributed by atoms with Crippen molar-refractivity contribution in [2.24, 2.45) is 0 Å². The van der Waals surface area contributed by atoms with Crippen LogP contribution in [-0.2, 0) is 11.2 Å². The molecule has 1 aromatic heterocycles. The van der Waals surface area contributed by atoms with Crippen molar-refractivity contribution in [3.8, 4) is 0 Å². The third kappa shape index (κ3) is 3.30. The number of rotatable bonds is 5. The summed E-state index contributed by atoms with van der Waals surface area (Å²) in [7, 11) is 0. The number of aromatic nitrogens is 1. The number of aryl methyl sites for hydroxylation is 3. The Balaban J connectivity index is 2.51. The van der Waals surface area contributed by atoms with E-state index in [1.165, 1.54) is 4.88 Å². The molecule has 0 spiro atoms. The van der Waals surface area contributed by atoms with Crippen molar-refractivity contribution in [2.75, 3.05) is 13.1 Å². The van der Waals surface area contributed by atoms with Crippen LogP contribution in [0.3, 0.4) is 0 Å². The lowest BCUT2D eigenvalue weighted by molar-refractivity contribution is -0.130. The summed E-state index contributed by atoms with van der Waals surface area (Å²) in [6.07, 6.45) is 1.43. The van der Waals surface area contributed by atoms with Crippen LogP contribution < -0.4 is 0 Å². The molecule has 0 N–H and O–H groups in total. The Bertz CT molecular complexity index is 356. The van der Waals surface area contributed by atoms with E-state index in [1.807, 2.05) is 32.6 Å². The zero-order valence-corrected chi connectivity index (χ0v) is 11.4. The van der Waals surface area contributed by atoms with Gasteiger partial charge in [-0.25, -0.2) is 4.98 Å². The molecule has 0 saturated carbocycles. The Hall–Kier alpha value is -0.900. The Labute approximate surface area is 101 Å². The fourth-order valence-corrected chi connectivity index (χ4v) is 2.70. The van der Waals surface area contributed by atoms with Crippen molar-refractivity contribution in [3.63, 3.8) is 0 Å². The molecule has 0 atom stereocenters. The minimum absolute atomic E-state index is 0.246. The molecular weight excluding hydrogens is 220 g/mol. The maximum atomic E-state index is 11.8. The van der Waals surface area contributed by atoms with E-state index in [0.717, 1.165) is 30.2 Å². The highest BCUT2D eigenvalue weighted by atomic mass is 32.1. The maximum Gasteiger partial charge on any atom is 0.222 e. The van der Waals surface area contributed by atoms with E-state index in [1.54, 1.807) is 11.3 Å². The molecule has 1 rings (SSSR count). The molecule has 4 heteroatoms. The summed E-state index contributed by atoms with van der Waals surface area (Å²) in [6, 6.07) is 0. The van der Waals surface area contributed by atoms with E-state index >= 15 is 0 Å². The van der Waals surface area contributed by atoms with Gasteiger partial charge in [0.1, 0.15) is 0 Å². The van der Waals surface area contributed by atoms with Crippen molar-refractivity contribution < 1.29 is 4.79 Å². The summed E-state index contributed by atoms with van der Waals surface area (Å²) in [4.78, 5) is 19.3. The van der Waals surface area contributed by atoms with Crippen LogP contribution in [0, 0.1) is 13.8 Å². The molecule has 0 unspecified atom stereocenters. The van der Waals surface area contributed by atoms with Crippen LogP contribution in [0.1, 0.15) is 35.8 Å². The molecule has 0 bridgehead atoms. The molecule has 0 aromatic carbocycles. The van der Waals surface area contributed by atoms with Crippen LogP contribution in [0.15, 0.2) is 0 Å². The Morgan fingerprint density at radius 3 is 2.38 bits per heavy atom. The summed E-state index contributed by atoms with van der Waals surface area (Å²) in [5.74, 6) is 0.246. The van der Waals surface area contributed by atoms with Gasteiger partial charge in [0.25, 0.3) is 0 Å². The zero-order valence-electron chi connectivity index (χ0n) is 10.5. The zero-order chi connectivity index (χ0) is 12.1. The topological polar surface area (TPSA) is 33.2 Å². The molecule has 0 saturated heterocycles. The fraction of sp³-hybridized carbons (Fsp3) is 0.667. The van der Waals surface area contributed by atoms with Gasteiger partial charge in [-0.2, -0.15) is 0 Å². The summed E-state index contributed by atoms with van der Waals surface area (Å²) in [5, 5.41) is 1.09. The van der Waals surface area contributed by atoms with E-state index in [-0.39, 0.29) is 5.91 Å². The number of amides is 1. The molecule has 1 heterocycles. The second-order valence-electron chi connectivity index (χ2n) is 3.81. The van der Waals surface area contributed by atoms with Crippen molar-refractivity contribution in [1.82, 2.24) is 9.88 Å². The quantitative estimate of drug-likeness (QED) is 0.792. The predicted molar refractivity (Wildman–Crippen MR) is 67.8 cm³/mol. The highest BCUT2D eigenvalue weighted by Gasteiger charge is 2.11. The molecule has 0 aliphatic carbocycles. The molecule has 0 radical (unpaired) electrons. The molecular formula is C12H20N2OS. The summed E-state index contributed by atoms with van der Waals surface area (Å²) >= 11 is 1.70. The minimum atomic E-state index is 0.246. The average molecular weight is 240 g/mol. The fourth-order valence-electron chi connectivity index (χ4n) is 1.76.